The van der Waals surface area contributed by atoms with Gasteiger partial charge < -0.3 is 25.2 Å². The van der Waals surface area contributed by atoms with Crippen LogP contribution in [0.3, 0.4) is 0 Å². The van der Waals surface area contributed by atoms with Crippen molar-refractivity contribution in [3.63, 3.8) is 0 Å². The van der Waals surface area contributed by atoms with Gasteiger partial charge in [0, 0.05) is 17.6 Å². The average Bonchev–Trinajstić information content (AvgIpc) is 3.68. The maximum Gasteiger partial charge on any atom is 0.251 e. The van der Waals surface area contributed by atoms with E-state index in [1.54, 1.807) is 31.8 Å². The van der Waals surface area contributed by atoms with Crippen molar-refractivity contribution in [2.24, 2.45) is 0 Å². The Balaban J connectivity index is 1.29. The first kappa shape index (κ1) is 27.0. The number of carbonyl (C=O) groups excluding carboxylic acids is 1. The summed E-state index contributed by atoms with van der Waals surface area (Å²) in [7, 11) is 3.70. The molecule has 2 aromatic heterocycles. The maximum absolute atomic E-state index is 13.0. The van der Waals surface area contributed by atoms with Crippen molar-refractivity contribution in [1.82, 2.24) is 29.7 Å². The second-order valence-electron chi connectivity index (χ2n) is 11.2. The van der Waals surface area contributed by atoms with Crippen LogP contribution < -0.4 is 20.3 Å². The first-order valence-corrected chi connectivity index (χ1v) is 14.6. The number of methoxy groups -OCH3 is 1. The highest BCUT2D eigenvalue weighted by Gasteiger charge is 2.39. The molecule has 11 nitrogen and oxygen atoms in total. The number of anilines is 3. The molecule has 1 aliphatic carbocycles. The number of piperidine rings is 1. The van der Waals surface area contributed by atoms with Crippen molar-refractivity contribution in [2.45, 2.75) is 70.0 Å². The van der Waals surface area contributed by atoms with Crippen LogP contribution in [0.25, 0.3) is 5.69 Å². The summed E-state index contributed by atoms with van der Waals surface area (Å²) in [5.41, 5.74) is 3.42. The second kappa shape index (κ2) is 11.4. The Morgan fingerprint density at radius 3 is 2.66 bits per heavy atom. The average molecular weight is 556 g/mol. The van der Waals surface area contributed by atoms with E-state index in [9.17, 15) is 10.1 Å². The molecule has 1 saturated carbocycles. The van der Waals surface area contributed by atoms with Gasteiger partial charge in [-0.25, -0.2) is 9.97 Å². The quantitative estimate of drug-likeness (QED) is 0.438. The molecule has 4 heterocycles. The maximum atomic E-state index is 13.0. The van der Waals surface area contributed by atoms with Gasteiger partial charge in [0.2, 0.25) is 5.95 Å². The minimum atomic E-state index is -0.0971. The summed E-state index contributed by atoms with van der Waals surface area (Å²) in [5.74, 6) is 1.72. The van der Waals surface area contributed by atoms with E-state index in [-0.39, 0.29) is 18.0 Å². The lowest BCUT2D eigenvalue weighted by molar-refractivity contribution is 0.0916. The predicted octanol–water partition coefficient (Wildman–Crippen LogP) is 4.32. The van der Waals surface area contributed by atoms with Crippen molar-refractivity contribution in [1.29, 1.82) is 5.26 Å². The van der Waals surface area contributed by atoms with Crippen molar-refractivity contribution in [2.75, 3.05) is 37.5 Å². The first-order valence-electron chi connectivity index (χ1n) is 14.6. The topological polar surface area (TPSA) is 124 Å². The zero-order valence-corrected chi connectivity index (χ0v) is 23.9. The fourth-order valence-corrected chi connectivity index (χ4v) is 6.50. The molecule has 6 rings (SSSR count). The highest BCUT2D eigenvalue weighted by molar-refractivity contribution is 5.95. The fourth-order valence-electron chi connectivity index (χ4n) is 6.50. The van der Waals surface area contributed by atoms with Crippen molar-refractivity contribution in [3.05, 3.63) is 47.7 Å². The van der Waals surface area contributed by atoms with Crippen molar-refractivity contribution in [3.8, 4) is 17.5 Å². The molecule has 214 valence electrons. The van der Waals surface area contributed by atoms with E-state index < -0.39 is 0 Å². The number of nitrogens with one attached hydrogen (secondary N) is 2. The van der Waals surface area contributed by atoms with Gasteiger partial charge in [-0.3, -0.25) is 9.36 Å². The van der Waals surface area contributed by atoms with E-state index in [1.807, 2.05) is 10.6 Å². The summed E-state index contributed by atoms with van der Waals surface area (Å²) in [6.07, 6.45) is 10.8. The van der Waals surface area contributed by atoms with Crippen LogP contribution in [-0.2, 0) is 0 Å². The number of ether oxygens (including phenoxy) is 1. The second-order valence-corrected chi connectivity index (χ2v) is 11.2. The van der Waals surface area contributed by atoms with Gasteiger partial charge in [0.1, 0.15) is 23.8 Å². The molecule has 1 saturated heterocycles. The normalized spacial score (nSPS) is 19.4. The lowest BCUT2D eigenvalue weighted by Gasteiger charge is -2.41. The predicted molar refractivity (Wildman–Crippen MR) is 156 cm³/mol. The number of nitrogens with zero attached hydrogens (tertiary/aromatic N) is 7. The van der Waals surface area contributed by atoms with Crippen LogP contribution in [0.5, 0.6) is 5.75 Å². The molecular formula is C30H37N9O2. The number of rotatable bonds is 7. The van der Waals surface area contributed by atoms with Gasteiger partial charge in [-0.15, -0.1) is 0 Å². The number of carbonyl (C=O) groups is 1. The van der Waals surface area contributed by atoms with Crippen LogP contribution in [0.1, 0.15) is 79.7 Å². The lowest BCUT2D eigenvalue weighted by atomic mass is 10.0. The van der Waals surface area contributed by atoms with E-state index in [1.165, 1.54) is 12.8 Å². The molecule has 2 fully saturated rings. The standard InChI is InChI=1S/C30H37N9O2/c1-4-24-27-23(16-31)33-18-38(27)25-17-32-30(36-28(25)39(24)21-7-5-6-8-21)35-22-10-9-19(15-26(22)41-3)29(40)34-20-11-13-37(2)14-12-20/h9-10,15,17-18,20-21,24H,4-8,11-14H2,1-3H3,(H,34,40)(H,32,35,36)/t24-/m1/s1. The Morgan fingerprint density at radius 1 is 1.17 bits per heavy atom. The van der Waals surface area contributed by atoms with Crippen molar-refractivity contribution < 1.29 is 9.53 Å². The minimum Gasteiger partial charge on any atom is -0.495 e. The smallest absolute Gasteiger partial charge is 0.251 e. The molecule has 41 heavy (non-hydrogen) atoms. The third kappa shape index (κ3) is 5.08. The summed E-state index contributed by atoms with van der Waals surface area (Å²) in [6.45, 7) is 4.11. The van der Waals surface area contributed by atoms with Crippen LogP contribution in [0.15, 0.2) is 30.7 Å². The molecule has 1 amide bonds. The number of benzene rings is 1. The van der Waals surface area contributed by atoms with Gasteiger partial charge in [-0.05, 0) is 70.4 Å². The Bertz CT molecular complexity index is 1470. The molecule has 3 aliphatic rings. The van der Waals surface area contributed by atoms with Gasteiger partial charge in [0.25, 0.3) is 5.91 Å². The highest BCUT2D eigenvalue weighted by Crippen LogP contribution is 2.44. The van der Waals surface area contributed by atoms with Gasteiger partial charge in [0.05, 0.1) is 30.7 Å². The van der Waals surface area contributed by atoms with Gasteiger partial charge in [0.15, 0.2) is 11.5 Å². The number of nitriles is 1. The molecule has 0 unspecified atom stereocenters. The lowest BCUT2D eigenvalue weighted by Crippen LogP contribution is -2.43. The fraction of sp³-hybridized carbons (Fsp3) is 0.500. The van der Waals surface area contributed by atoms with Crippen LogP contribution >= 0.6 is 0 Å². The summed E-state index contributed by atoms with van der Waals surface area (Å²) >= 11 is 0. The Hall–Kier alpha value is -4.17. The van der Waals surface area contributed by atoms with E-state index in [2.05, 4.69) is 50.4 Å². The third-order valence-corrected chi connectivity index (χ3v) is 8.68. The van der Waals surface area contributed by atoms with Crippen LogP contribution in [0, 0.1) is 11.3 Å². The van der Waals surface area contributed by atoms with Crippen LogP contribution in [0.2, 0.25) is 0 Å². The number of hydrogen-bond acceptors (Lipinski definition) is 9. The number of hydrogen-bond donors (Lipinski definition) is 2. The summed E-state index contributed by atoms with van der Waals surface area (Å²) in [5, 5.41) is 16.3. The monoisotopic (exact) mass is 555 g/mol. The van der Waals surface area contributed by atoms with Crippen LogP contribution in [0.4, 0.5) is 17.5 Å². The van der Waals surface area contributed by atoms with E-state index >= 15 is 0 Å². The Morgan fingerprint density at radius 2 is 1.95 bits per heavy atom. The number of likely N-dealkylation sites (tertiary alicyclic amines) is 1. The minimum absolute atomic E-state index is 0.00222. The Labute approximate surface area is 240 Å². The van der Waals surface area contributed by atoms with Gasteiger partial charge in [-0.1, -0.05) is 19.8 Å². The first-order chi connectivity index (χ1) is 20.0. The molecule has 0 radical (unpaired) electrons. The molecule has 0 bridgehead atoms. The van der Waals surface area contributed by atoms with Crippen molar-refractivity contribution >= 4 is 23.4 Å². The number of amides is 1. The van der Waals surface area contributed by atoms with Gasteiger partial charge >= 0.3 is 0 Å². The van der Waals surface area contributed by atoms with E-state index in [4.69, 9.17) is 9.72 Å². The highest BCUT2D eigenvalue weighted by atomic mass is 16.5. The molecule has 11 heteroatoms. The molecule has 1 atom stereocenters. The molecular weight excluding hydrogens is 518 g/mol. The van der Waals surface area contributed by atoms with Crippen LogP contribution in [-0.4, -0.2) is 69.7 Å². The SMILES string of the molecule is CC[C@@H]1c2c(C#N)ncn2-c2cnc(Nc3ccc(C(=O)NC4CCN(C)CC4)cc3OC)nc2N1C1CCCC1. The third-order valence-electron chi connectivity index (χ3n) is 8.68. The zero-order chi connectivity index (χ0) is 28.5. The number of imidazole rings is 1. The number of fused-ring (bicyclic) bond motifs is 3. The summed E-state index contributed by atoms with van der Waals surface area (Å²) in [6, 6.07) is 8.19. The summed E-state index contributed by atoms with van der Waals surface area (Å²) in [4.78, 5) is 31.7. The van der Waals surface area contributed by atoms with E-state index in [0.717, 1.165) is 62.4 Å². The Kier molecular flexibility index (Phi) is 7.49. The molecule has 1 aromatic carbocycles. The molecule has 0 spiro atoms. The summed E-state index contributed by atoms with van der Waals surface area (Å²) < 4.78 is 7.63. The molecule has 2 aliphatic heterocycles. The molecule has 3 aromatic rings. The van der Waals surface area contributed by atoms with Gasteiger partial charge in [-0.2, -0.15) is 10.2 Å². The van der Waals surface area contributed by atoms with E-state index in [0.29, 0.717) is 34.7 Å². The molecule has 2 N–H and O–H groups in total. The largest absolute Gasteiger partial charge is 0.495 e. The zero-order valence-electron chi connectivity index (χ0n) is 23.9. The number of aromatic nitrogens is 4.